The van der Waals surface area contributed by atoms with Crippen LogP contribution in [-0.2, 0) is 17.8 Å². The number of carbonyl (C=O) groups excluding carboxylic acids is 1. The lowest BCUT2D eigenvalue weighted by Crippen LogP contribution is -2.36. The summed E-state index contributed by atoms with van der Waals surface area (Å²) in [5.74, 6) is 1.60. The first-order valence-electron chi connectivity index (χ1n) is 11.1. The summed E-state index contributed by atoms with van der Waals surface area (Å²) in [6.07, 6.45) is 0. The summed E-state index contributed by atoms with van der Waals surface area (Å²) in [6, 6.07) is 13.9. The van der Waals surface area contributed by atoms with E-state index in [4.69, 9.17) is 9.47 Å². The van der Waals surface area contributed by atoms with Gasteiger partial charge in [0, 0.05) is 51.5 Å². The van der Waals surface area contributed by atoms with E-state index in [1.54, 1.807) is 14.2 Å². The molecule has 182 valence electrons. The highest BCUT2D eigenvalue weighted by Crippen LogP contribution is 2.20. The topological polar surface area (TPSA) is 75.2 Å². The molecular formula is C25H37IN4O3. The molecule has 2 N–H and O–H groups in total. The van der Waals surface area contributed by atoms with Gasteiger partial charge in [0.05, 0.1) is 6.61 Å². The maximum Gasteiger partial charge on any atom is 0.253 e. The highest BCUT2D eigenvalue weighted by atomic mass is 127. The summed E-state index contributed by atoms with van der Waals surface area (Å²) in [4.78, 5) is 18.6. The van der Waals surface area contributed by atoms with Gasteiger partial charge < -0.3 is 25.0 Å². The van der Waals surface area contributed by atoms with E-state index in [0.717, 1.165) is 22.4 Å². The van der Waals surface area contributed by atoms with Crippen LogP contribution in [0.3, 0.4) is 0 Å². The molecule has 0 unspecified atom stereocenters. The van der Waals surface area contributed by atoms with Crippen molar-refractivity contribution in [3.05, 3.63) is 64.7 Å². The fourth-order valence-corrected chi connectivity index (χ4v) is 3.22. The number of hydrogen-bond donors (Lipinski definition) is 2. The van der Waals surface area contributed by atoms with E-state index in [-0.39, 0.29) is 29.9 Å². The van der Waals surface area contributed by atoms with Crippen LogP contribution in [0.25, 0.3) is 0 Å². The smallest absolute Gasteiger partial charge is 0.253 e. The van der Waals surface area contributed by atoms with Crippen molar-refractivity contribution in [2.45, 2.75) is 33.9 Å². The van der Waals surface area contributed by atoms with E-state index in [2.05, 4.69) is 27.8 Å². The van der Waals surface area contributed by atoms with E-state index < -0.39 is 0 Å². The summed E-state index contributed by atoms with van der Waals surface area (Å²) in [5.41, 5.74) is 3.98. The van der Waals surface area contributed by atoms with Crippen LogP contribution < -0.4 is 15.4 Å². The van der Waals surface area contributed by atoms with Gasteiger partial charge in [0.1, 0.15) is 12.4 Å². The number of guanidine groups is 1. The number of ether oxygens (including phenoxy) is 2. The standard InChI is InChI=1S/C25H36N4O3.HI/c1-6-29(7-2)24(30)21-12-9-20(10-13-21)17-27-25(26-4)28-18-22-11-8-19(3)16-23(22)32-15-14-31-5;/h8-13,16H,6-7,14-15,17-18H2,1-5H3,(H2,26,27,28);1H. The zero-order valence-corrected chi connectivity index (χ0v) is 22.6. The van der Waals surface area contributed by atoms with Gasteiger partial charge in [-0.2, -0.15) is 0 Å². The highest BCUT2D eigenvalue weighted by molar-refractivity contribution is 14.0. The number of aliphatic imine (C=N–C) groups is 1. The van der Waals surface area contributed by atoms with Crippen molar-refractivity contribution >= 4 is 35.8 Å². The normalized spacial score (nSPS) is 10.9. The minimum Gasteiger partial charge on any atom is -0.491 e. The molecule has 0 saturated heterocycles. The average Bonchev–Trinajstić information content (AvgIpc) is 2.81. The van der Waals surface area contributed by atoms with E-state index in [9.17, 15) is 4.79 Å². The largest absolute Gasteiger partial charge is 0.491 e. The molecular weight excluding hydrogens is 531 g/mol. The van der Waals surface area contributed by atoms with Gasteiger partial charge in [0.25, 0.3) is 5.91 Å². The third-order valence-electron chi connectivity index (χ3n) is 5.15. The molecule has 0 radical (unpaired) electrons. The Hall–Kier alpha value is -2.33. The lowest BCUT2D eigenvalue weighted by atomic mass is 10.1. The maximum atomic E-state index is 12.4. The summed E-state index contributed by atoms with van der Waals surface area (Å²) < 4.78 is 10.9. The number of nitrogens with zero attached hydrogens (tertiary/aromatic N) is 2. The number of methoxy groups -OCH3 is 1. The number of carbonyl (C=O) groups is 1. The second kappa shape index (κ2) is 15.5. The molecule has 1 amide bonds. The lowest BCUT2D eigenvalue weighted by Gasteiger charge is -2.18. The van der Waals surface area contributed by atoms with Crippen LogP contribution in [0.2, 0.25) is 0 Å². The van der Waals surface area contributed by atoms with Crippen LogP contribution in [0.1, 0.15) is 40.9 Å². The Labute approximate surface area is 215 Å². The Morgan fingerprint density at radius 1 is 1.00 bits per heavy atom. The number of halogens is 1. The van der Waals surface area contributed by atoms with Crippen molar-refractivity contribution in [2.75, 3.05) is 40.5 Å². The van der Waals surface area contributed by atoms with Crippen LogP contribution in [0.5, 0.6) is 5.75 Å². The molecule has 0 aromatic heterocycles. The molecule has 0 bridgehead atoms. The molecule has 0 aliphatic heterocycles. The van der Waals surface area contributed by atoms with Crippen molar-refractivity contribution in [1.82, 2.24) is 15.5 Å². The minimum absolute atomic E-state index is 0. The molecule has 0 fully saturated rings. The zero-order chi connectivity index (χ0) is 23.3. The molecule has 0 heterocycles. The van der Waals surface area contributed by atoms with Crippen LogP contribution in [0.15, 0.2) is 47.5 Å². The molecule has 0 aliphatic carbocycles. The van der Waals surface area contributed by atoms with Crippen molar-refractivity contribution in [1.29, 1.82) is 0 Å². The molecule has 2 aromatic carbocycles. The molecule has 0 spiro atoms. The predicted octanol–water partition coefficient (Wildman–Crippen LogP) is 3.99. The first kappa shape index (κ1) is 28.7. The van der Waals surface area contributed by atoms with Crippen LogP contribution in [0.4, 0.5) is 0 Å². The van der Waals surface area contributed by atoms with Gasteiger partial charge in [-0.15, -0.1) is 24.0 Å². The van der Waals surface area contributed by atoms with Crippen molar-refractivity contribution < 1.29 is 14.3 Å². The Morgan fingerprint density at radius 3 is 2.27 bits per heavy atom. The third kappa shape index (κ3) is 9.21. The van der Waals surface area contributed by atoms with Gasteiger partial charge in [-0.3, -0.25) is 9.79 Å². The molecule has 0 saturated carbocycles. The number of nitrogens with one attached hydrogen (secondary N) is 2. The molecule has 0 aliphatic rings. The van der Waals surface area contributed by atoms with Crippen LogP contribution in [-0.4, -0.2) is 57.2 Å². The van der Waals surface area contributed by atoms with Gasteiger partial charge in [-0.1, -0.05) is 24.3 Å². The monoisotopic (exact) mass is 568 g/mol. The highest BCUT2D eigenvalue weighted by Gasteiger charge is 2.12. The SMILES string of the molecule is CCN(CC)C(=O)c1ccc(CNC(=NC)NCc2ccc(C)cc2OCCOC)cc1.I. The zero-order valence-electron chi connectivity index (χ0n) is 20.3. The van der Waals surface area contributed by atoms with E-state index >= 15 is 0 Å². The Balaban J connectivity index is 0.00000544. The molecule has 8 heteroatoms. The van der Waals surface area contributed by atoms with Crippen molar-refractivity contribution in [3.8, 4) is 5.75 Å². The fourth-order valence-electron chi connectivity index (χ4n) is 3.22. The summed E-state index contributed by atoms with van der Waals surface area (Å²) >= 11 is 0. The van der Waals surface area contributed by atoms with Gasteiger partial charge in [0.2, 0.25) is 0 Å². The minimum atomic E-state index is 0. The quantitative estimate of drug-likeness (QED) is 0.186. The Morgan fingerprint density at radius 2 is 1.67 bits per heavy atom. The molecule has 0 atom stereocenters. The Bertz CT molecular complexity index is 884. The fraction of sp³-hybridized carbons (Fsp3) is 0.440. The first-order chi connectivity index (χ1) is 15.5. The third-order valence-corrected chi connectivity index (χ3v) is 5.15. The van der Waals surface area contributed by atoms with Crippen LogP contribution in [0, 0.1) is 6.92 Å². The number of benzene rings is 2. The second-order valence-electron chi connectivity index (χ2n) is 7.41. The molecule has 2 rings (SSSR count). The molecule has 2 aromatic rings. The molecule has 7 nitrogen and oxygen atoms in total. The molecule has 33 heavy (non-hydrogen) atoms. The lowest BCUT2D eigenvalue weighted by molar-refractivity contribution is 0.0773. The maximum absolute atomic E-state index is 12.4. The number of aryl methyl sites for hydroxylation is 1. The summed E-state index contributed by atoms with van der Waals surface area (Å²) in [6.45, 7) is 9.68. The van der Waals surface area contributed by atoms with Crippen molar-refractivity contribution in [3.63, 3.8) is 0 Å². The van der Waals surface area contributed by atoms with E-state index in [1.807, 2.05) is 56.0 Å². The Kier molecular flexibility index (Phi) is 13.5. The number of amides is 1. The first-order valence-corrected chi connectivity index (χ1v) is 11.1. The van der Waals surface area contributed by atoms with Gasteiger partial charge in [-0.05, 0) is 50.1 Å². The van der Waals surface area contributed by atoms with Gasteiger partial charge in [0.15, 0.2) is 5.96 Å². The van der Waals surface area contributed by atoms with E-state index in [0.29, 0.717) is 50.9 Å². The van der Waals surface area contributed by atoms with Gasteiger partial charge >= 0.3 is 0 Å². The van der Waals surface area contributed by atoms with Crippen LogP contribution >= 0.6 is 24.0 Å². The average molecular weight is 569 g/mol. The summed E-state index contributed by atoms with van der Waals surface area (Å²) in [7, 11) is 3.40. The van der Waals surface area contributed by atoms with Crippen molar-refractivity contribution in [2.24, 2.45) is 4.99 Å². The number of rotatable bonds is 11. The van der Waals surface area contributed by atoms with Gasteiger partial charge in [-0.25, -0.2) is 0 Å². The van der Waals surface area contributed by atoms with E-state index in [1.165, 1.54) is 0 Å². The second-order valence-corrected chi connectivity index (χ2v) is 7.41. The predicted molar refractivity (Wildman–Crippen MR) is 145 cm³/mol. The summed E-state index contributed by atoms with van der Waals surface area (Å²) in [5, 5.41) is 6.65. The number of hydrogen-bond acceptors (Lipinski definition) is 4.